The fourth-order valence-electron chi connectivity index (χ4n) is 15.0. The van der Waals surface area contributed by atoms with Gasteiger partial charge < -0.3 is 14.8 Å². The van der Waals surface area contributed by atoms with Crippen LogP contribution in [0.1, 0.15) is 163 Å². The minimum absolute atomic E-state index is 0.00675. The van der Waals surface area contributed by atoms with E-state index in [-0.39, 0.29) is 87.9 Å². The van der Waals surface area contributed by atoms with Crippen LogP contribution in [0, 0.1) is 62.1 Å². The van der Waals surface area contributed by atoms with Crippen LogP contribution in [0.4, 0.5) is 5.69 Å². The van der Waals surface area contributed by atoms with E-state index in [1.807, 2.05) is 52.1 Å². The molecule has 9 nitrogen and oxygen atoms in total. The Morgan fingerprint density at radius 1 is 0.900 bits per heavy atom. The van der Waals surface area contributed by atoms with E-state index in [1.165, 1.54) is 5.57 Å². The molecule has 8 rings (SSSR count). The quantitative estimate of drug-likeness (QED) is 0.141. The molecule has 5 fully saturated rings. The van der Waals surface area contributed by atoms with Crippen LogP contribution < -0.4 is 5.32 Å². The zero-order valence-electron chi connectivity index (χ0n) is 38.2. The average molecular weight is 823 g/mol. The molecule has 326 valence electrons. The molecule has 60 heavy (non-hydrogen) atoms. The van der Waals surface area contributed by atoms with Crippen LogP contribution in [0.3, 0.4) is 0 Å². The van der Waals surface area contributed by atoms with Gasteiger partial charge >= 0.3 is 5.97 Å². The Morgan fingerprint density at radius 3 is 2.32 bits per heavy atom. The first-order valence-electron chi connectivity index (χ1n) is 23.1. The number of carbonyl (C=O) groups excluding carboxylic acids is 5. The molecule has 1 N–H and O–H groups in total. The number of Topliss-reactive ketones (excluding diaryl/α,β-unsaturated/α-hetero) is 2. The molecule has 1 aliphatic heterocycles. The van der Waals surface area contributed by atoms with Gasteiger partial charge in [0.1, 0.15) is 12.2 Å². The molecule has 9 heteroatoms. The van der Waals surface area contributed by atoms with E-state index in [0.29, 0.717) is 36.7 Å². The highest BCUT2D eigenvalue weighted by Crippen LogP contribution is 2.76. The largest absolute Gasteiger partial charge is 0.464 e. The third-order valence-corrected chi connectivity index (χ3v) is 18.8. The summed E-state index contributed by atoms with van der Waals surface area (Å²) in [7, 11) is 0. The van der Waals surface area contributed by atoms with E-state index in [2.05, 4.69) is 58.8 Å². The molecule has 0 radical (unpaired) electrons. The average Bonchev–Trinajstić information content (AvgIpc) is 3.75. The van der Waals surface area contributed by atoms with E-state index in [0.717, 1.165) is 68.2 Å². The van der Waals surface area contributed by atoms with Crippen molar-refractivity contribution < 1.29 is 33.4 Å². The van der Waals surface area contributed by atoms with Gasteiger partial charge in [-0.15, -0.1) is 0 Å². The molecule has 1 amide bonds. The molecule has 0 spiro atoms. The number of nitrogens with one attached hydrogen (secondary N) is 1. The van der Waals surface area contributed by atoms with Crippen molar-refractivity contribution in [1.29, 1.82) is 0 Å². The van der Waals surface area contributed by atoms with E-state index in [9.17, 15) is 24.0 Å². The number of hydrogen-bond acceptors (Lipinski definition) is 8. The first-order chi connectivity index (χ1) is 28.0. The summed E-state index contributed by atoms with van der Waals surface area (Å²) in [5.41, 5.74) is 2.19. The molecule has 5 saturated carbocycles. The Kier molecular flexibility index (Phi) is 10.2. The lowest BCUT2D eigenvalue weighted by molar-refractivity contribution is -0.236. The number of allylic oxidation sites excluding steroid dienone is 1. The van der Waals surface area contributed by atoms with Crippen LogP contribution in [-0.4, -0.2) is 53.9 Å². The predicted molar refractivity (Wildman–Crippen MR) is 232 cm³/mol. The lowest BCUT2D eigenvalue weighted by atomic mass is 9.33. The summed E-state index contributed by atoms with van der Waals surface area (Å²) in [6.07, 6.45) is 10.6. The molecule has 1 aromatic carbocycles. The van der Waals surface area contributed by atoms with Gasteiger partial charge in [-0.25, -0.2) is 0 Å². The standard InChI is InChI=1S/C51H70N2O7/c1-29(2)41-36(56)27-51(53-44(58)45(3,4)26-35(55)31-13-12-30-18-23-52-34(30)24-31)22-21-49(10)32(42(41)51)14-15-38-48(9)19-17-39(47(7,8)37(48)16-20-50(38,49)11)60-43(57)33-25-40(59-28-54)46(33,5)6/h12-13,23-24,28-29,32-33,37-40H,14-22,25-27H2,1-11H3,(H,53,58)/t32-,33-,37+,38-,39+,40-,48+,49-,50-,51-/m1/s1. The third kappa shape index (κ3) is 6.18. The third-order valence-electron chi connectivity index (χ3n) is 18.8. The van der Waals surface area contributed by atoms with Gasteiger partial charge in [0, 0.05) is 41.9 Å². The van der Waals surface area contributed by atoms with Gasteiger partial charge in [-0.05, 0) is 120 Å². The number of hydrogen-bond donors (Lipinski definition) is 1. The second-order valence-electron chi connectivity index (χ2n) is 23.2. The topological polar surface area (TPSA) is 128 Å². The molecule has 0 aromatic heterocycles. The maximum absolute atomic E-state index is 14.6. The maximum atomic E-state index is 14.6. The normalized spacial score (nSPS) is 38.4. The lowest BCUT2D eigenvalue weighted by Crippen LogP contribution is -2.67. The summed E-state index contributed by atoms with van der Waals surface area (Å²) in [5, 5.41) is 3.54. The van der Waals surface area contributed by atoms with Gasteiger partial charge in [0.05, 0.1) is 22.6 Å². The number of rotatable bonds is 10. The lowest BCUT2D eigenvalue weighted by Gasteiger charge is -2.72. The molecular formula is C51H70N2O7. The predicted octanol–water partition coefficient (Wildman–Crippen LogP) is 9.89. The second-order valence-corrected chi connectivity index (χ2v) is 23.2. The molecule has 0 bridgehead atoms. The fraction of sp³-hybridized carbons (Fsp3) is 0.725. The van der Waals surface area contributed by atoms with Crippen molar-refractivity contribution in [2.45, 2.75) is 171 Å². The van der Waals surface area contributed by atoms with Crippen LogP contribution in [0.5, 0.6) is 0 Å². The highest BCUT2D eigenvalue weighted by Gasteiger charge is 2.70. The number of esters is 1. The van der Waals surface area contributed by atoms with E-state index in [4.69, 9.17) is 9.47 Å². The zero-order valence-corrected chi connectivity index (χ0v) is 38.2. The first kappa shape index (κ1) is 43.0. The number of ketones is 2. The summed E-state index contributed by atoms with van der Waals surface area (Å²) < 4.78 is 11.7. The van der Waals surface area contributed by atoms with E-state index in [1.54, 1.807) is 0 Å². The summed E-state index contributed by atoms with van der Waals surface area (Å²) in [5.74, 6) is 0.504. The van der Waals surface area contributed by atoms with E-state index >= 15 is 0 Å². The number of nitrogens with zero attached hydrogens (tertiary/aromatic N) is 1. The summed E-state index contributed by atoms with van der Waals surface area (Å²) >= 11 is 0. The molecule has 1 heterocycles. The van der Waals surface area contributed by atoms with Gasteiger partial charge in [0.15, 0.2) is 11.6 Å². The Bertz CT molecular complexity index is 2080. The minimum atomic E-state index is -0.985. The molecule has 7 aliphatic rings. The number of amides is 1. The van der Waals surface area contributed by atoms with Crippen molar-refractivity contribution in [2.75, 3.05) is 0 Å². The highest BCUT2D eigenvalue weighted by molar-refractivity contribution is 6.04. The van der Waals surface area contributed by atoms with Gasteiger partial charge in [0.2, 0.25) is 5.91 Å². The summed E-state index contributed by atoms with van der Waals surface area (Å²) in [4.78, 5) is 71.7. The second kappa shape index (κ2) is 14.2. The summed E-state index contributed by atoms with van der Waals surface area (Å²) in [6.45, 7) is 24.7. The van der Waals surface area contributed by atoms with Crippen molar-refractivity contribution in [3.05, 3.63) is 40.5 Å². The van der Waals surface area contributed by atoms with E-state index < -0.39 is 16.4 Å². The van der Waals surface area contributed by atoms with Crippen LogP contribution in [0.15, 0.2) is 34.3 Å². The van der Waals surface area contributed by atoms with Crippen LogP contribution >= 0.6 is 0 Å². The van der Waals surface area contributed by atoms with Gasteiger partial charge in [-0.3, -0.25) is 29.0 Å². The van der Waals surface area contributed by atoms with Crippen molar-refractivity contribution >= 4 is 41.8 Å². The fourth-order valence-corrected chi connectivity index (χ4v) is 15.0. The minimum Gasteiger partial charge on any atom is -0.464 e. The summed E-state index contributed by atoms with van der Waals surface area (Å²) in [6, 6.07) is 5.65. The highest BCUT2D eigenvalue weighted by atomic mass is 16.6. The first-order valence-corrected chi connectivity index (χ1v) is 23.1. The van der Waals surface area contributed by atoms with Crippen LogP contribution in [-0.2, 0) is 35.1 Å². The van der Waals surface area contributed by atoms with Gasteiger partial charge in [0.25, 0.3) is 6.47 Å². The van der Waals surface area contributed by atoms with Crippen LogP contribution in [0.2, 0.25) is 0 Å². The molecule has 6 aliphatic carbocycles. The van der Waals surface area contributed by atoms with Crippen LogP contribution in [0.25, 0.3) is 0 Å². The molecule has 10 atom stereocenters. The number of benzene rings is 1. The van der Waals surface area contributed by atoms with Gasteiger partial charge in [-0.2, -0.15) is 0 Å². The number of fused-ring (bicyclic) bond motifs is 8. The van der Waals surface area contributed by atoms with Crippen molar-refractivity contribution in [3.63, 3.8) is 0 Å². The Balaban J connectivity index is 1.03. The van der Waals surface area contributed by atoms with Crippen molar-refractivity contribution in [1.82, 2.24) is 5.32 Å². The zero-order chi connectivity index (χ0) is 43.6. The molecule has 0 saturated heterocycles. The smallest absolute Gasteiger partial charge is 0.310 e. The number of carbonyl (C=O) groups is 5. The maximum Gasteiger partial charge on any atom is 0.310 e. The Hall–Kier alpha value is -3.62. The SMILES string of the molecule is CC(C)C1=C2[C@H]3CC[C@@H]4[C@@]5(C)CC[C@H](OC(=O)[C@H]6C[C@@H](OC=O)C6(C)C)C(C)(C)[C@@H]5CC[C@@]4(C)[C@]3(C)CC[C@@]2(NC(=O)C(C)(C)CC(=O)c2ccc3c(c2)N=CC3)CC1=O. The monoisotopic (exact) mass is 823 g/mol. The van der Waals surface area contributed by atoms with Crippen molar-refractivity contribution in [3.8, 4) is 0 Å². The Labute approximate surface area is 358 Å². The Morgan fingerprint density at radius 2 is 1.63 bits per heavy atom. The molecule has 0 unspecified atom stereocenters. The number of ether oxygens (including phenoxy) is 2. The van der Waals surface area contributed by atoms with Gasteiger partial charge in [-0.1, -0.05) is 88.3 Å². The van der Waals surface area contributed by atoms with Crippen molar-refractivity contribution in [2.24, 2.45) is 67.1 Å². The number of aliphatic imine (C=N–C) groups is 1. The molecule has 1 aromatic rings. The molecular weight excluding hydrogens is 753 g/mol.